The summed E-state index contributed by atoms with van der Waals surface area (Å²) in [6, 6.07) is 77.4. The Kier molecular flexibility index (Phi) is 7.92. The number of furan rings is 1. The van der Waals surface area contributed by atoms with Gasteiger partial charge in [-0.1, -0.05) is 184 Å². The van der Waals surface area contributed by atoms with Crippen molar-refractivity contribution in [3.63, 3.8) is 0 Å². The highest BCUT2D eigenvalue weighted by Crippen LogP contribution is 2.53. The van der Waals surface area contributed by atoms with Crippen LogP contribution in [-0.2, 0) is 5.41 Å². The SMILES string of the molecule is CC1(C)c2ccccc2-c2cccc(-c3ccc(N(c4cccc(-c5cccc6ccccc56)c4)c4ccccc4-c4cccc5oc6c7ccccc7ccc6c45)cc3)c21. The minimum atomic E-state index is -0.112. The van der Waals surface area contributed by atoms with E-state index in [0.717, 1.165) is 55.5 Å². The molecule has 0 bridgehead atoms. The standard InChI is InChI=1S/C59H41NO/c1-59(2)53-28-9-7-22-48(53)51-27-13-25-46(57(51)59)40-31-34-42(35-32-40)60(43-19-11-18-41(37-43)45-24-12-17-38-15-3-5-20-44(38)45)54-29-10-8-23-49(54)50-26-14-30-55-56(50)52-36-33-39-16-4-6-21-47(39)58(52)61-55/h3-37H,1-2H3. The Morgan fingerprint density at radius 2 is 1.02 bits per heavy atom. The van der Waals surface area contributed by atoms with Crippen LogP contribution in [0.15, 0.2) is 217 Å². The van der Waals surface area contributed by atoms with Crippen LogP contribution in [-0.4, -0.2) is 0 Å². The molecule has 2 nitrogen and oxygen atoms in total. The molecule has 0 saturated carbocycles. The molecule has 0 radical (unpaired) electrons. The molecule has 10 aromatic carbocycles. The van der Waals surface area contributed by atoms with Crippen molar-refractivity contribution in [2.24, 2.45) is 0 Å². The van der Waals surface area contributed by atoms with Crippen molar-refractivity contribution in [1.29, 1.82) is 0 Å². The van der Waals surface area contributed by atoms with Crippen LogP contribution in [0.3, 0.4) is 0 Å². The lowest BCUT2D eigenvalue weighted by atomic mass is 9.79. The van der Waals surface area contributed by atoms with E-state index >= 15 is 0 Å². The molecular weight excluding hydrogens is 739 g/mol. The predicted octanol–water partition coefficient (Wildman–Crippen LogP) is 16.7. The van der Waals surface area contributed by atoms with E-state index in [0.29, 0.717) is 0 Å². The fourth-order valence-electron chi connectivity index (χ4n) is 10.3. The number of fused-ring (bicyclic) bond motifs is 9. The number of hydrogen-bond donors (Lipinski definition) is 0. The van der Waals surface area contributed by atoms with Crippen LogP contribution in [0, 0.1) is 0 Å². The van der Waals surface area contributed by atoms with Crippen LogP contribution in [0.4, 0.5) is 17.1 Å². The summed E-state index contributed by atoms with van der Waals surface area (Å²) >= 11 is 0. The van der Waals surface area contributed by atoms with Gasteiger partial charge in [-0.05, 0) is 109 Å². The molecule has 0 amide bonds. The molecule has 0 aliphatic heterocycles. The Labute approximate surface area is 355 Å². The van der Waals surface area contributed by atoms with Gasteiger partial charge in [-0.2, -0.15) is 0 Å². The second-order valence-corrected chi connectivity index (χ2v) is 16.8. The minimum Gasteiger partial charge on any atom is -0.455 e. The highest BCUT2D eigenvalue weighted by Gasteiger charge is 2.37. The zero-order valence-corrected chi connectivity index (χ0v) is 34.1. The van der Waals surface area contributed by atoms with Gasteiger partial charge < -0.3 is 9.32 Å². The molecule has 12 rings (SSSR count). The van der Waals surface area contributed by atoms with Gasteiger partial charge >= 0.3 is 0 Å². The maximum Gasteiger partial charge on any atom is 0.143 e. The van der Waals surface area contributed by atoms with E-state index in [1.165, 1.54) is 60.7 Å². The van der Waals surface area contributed by atoms with Crippen molar-refractivity contribution >= 4 is 60.5 Å². The van der Waals surface area contributed by atoms with Crippen LogP contribution < -0.4 is 4.90 Å². The topological polar surface area (TPSA) is 16.4 Å². The molecular formula is C59H41NO. The first-order valence-corrected chi connectivity index (χ1v) is 21.2. The fourth-order valence-corrected chi connectivity index (χ4v) is 10.3. The molecule has 11 aromatic rings. The summed E-state index contributed by atoms with van der Waals surface area (Å²) in [6.45, 7) is 4.73. The summed E-state index contributed by atoms with van der Waals surface area (Å²) < 4.78 is 6.71. The lowest BCUT2D eigenvalue weighted by Gasteiger charge is -2.29. The van der Waals surface area contributed by atoms with E-state index in [9.17, 15) is 0 Å². The maximum atomic E-state index is 6.71. The van der Waals surface area contributed by atoms with Crippen LogP contribution in [0.1, 0.15) is 25.0 Å². The Morgan fingerprint density at radius 1 is 0.393 bits per heavy atom. The number of para-hydroxylation sites is 1. The molecule has 1 aliphatic carbocycles. The average Bonchev–Trinajstić information content (AvgIpc) is 3.82. The van der Waals surface area contributed by atoms with Crippen LogP contribution in [0.5, 0.6) is 0 Å². The maximum absolute atomic E-state index is 6.71. The molecule has 1 aromatic heterocycles. The van der Waals surface area contributed by atoms with Gasteiger partial charge in [-0.25, -0.2) is 0 Å². The van der Waals surface area contributed by atoms with Gasteiger partial charge in [0.25, 0.3) is 0 Å². The van der Waals surface area contributed by atoms with Crippen LogP contribution >= 0.6 is 0 Å². The number of benzene rings is 10. The molecule has 0 fully saturated rings. The van der Waals surface area contributed by atoms with E-state index < -0.39 is 0 Å². The molecule has 61 heavy (non-hydrogen) atoms. The normalized spacial score (nSPS) is 12.9. The van der Waals surface area contributed by atoms with Gasteiger partial charge in [0.15, 0.2) is 0 Å². The lowest BCUT2D eigenvalue weighted by molar-refractivity contribution is 0.662. The number of nitrogens with zero attached hydrogens (tertiary/aromatic N) is 1. The minimum absolute atomic E-state index is 0.112. The molecule has 288 valence electrons. The average molecular weight is 780 g/mol. The Hall–Kier alpha value is -7.68. The first kappa shape index (κ1) is 35.3. The van der Waals surface area contributed by atoms with Gasteiger partial charge in [0.1, 0.15) is 11.2 Å². The van der Waals surface area contributed by atoms with Gasteiger partial charge in [0, 0.05) is 38.5 Å². The second kappa shape index (κ2) is 13.7. The van der Waals surface area contributed by atoms with E-state index in [2.05, 4.69) is 231 Å². The van der Waals surface area contributed by atoms with Crippen LogP contribution in [0.2, 0.25) is 0 Å². The van der Waals surface area contributed by atoms with E-state index in [4.69, 9.17) is 4.42 Å². The van der Waals surface area contributed by atoms with Crippen LogP contribution in [0.25, 0.3) is 88.0 Å². The first-order valence-electron chi connectivity index (χ1n) is 21.2. The summed E-state index contributed by atoms with van der Waals surface area (Å²) in [6.07, 6.45) is 0. The van der Waals surface area contributed by atoms with Gasteiger partial charge in [0.05, 0.1) is 5.69 Å². The molecule has 0 N–H and O–H groups in total. The molecule has 2 heteroatoms. The highest BCUT2D eigenvalue weighted by atomic mass is 16.3. The lowest BCUT2D eigenvalue weighted by Crippen LogP contribution is -2.16. The van der Waals surface area contributed by atoms with E-state index in [-0.39, 0.29) is 5.41 Å². The van der Waals surface area contributed by atoms with Crippen molar-refractivity contribution in [2.75, 3.05) is 4.90 Å². The number of rotatable bonds is 6. The zero-order valence-electron chi connectivity index (χ0n) is 34.1. The van der Waals surface area contributed by atoms with Crippen molar-refractivity contribution < 1.29 is 4.42 Å². The second-order valence-electron chi connectivity index (χ2n) is 16.8. The Morgan fingerprint density at radius 3 is 1.89 bits per heavy atom. The third kappa shape index (κ3) is 5.49. The summed E-state index contributed by atoms with van der Waals surface area (Å²) in [5, 5.41) is 7.01. The quantitative estimate of drug-likeness (QED) is 0.167. The molecule has 1 aliphatic rings. The number of hydrogen-bond acceptors (Lipinski definition) is 2. The Balaban J connectivity index is 1.05. The van der Waals surface area contributed by atoms with Gasteiger partial charge in [-0.3, -0.25) is 0 Å². The van der Waals surface area contributed by atoms with Gasteiger partial charge in [-0.15, -0.1) is 0 Å². The molecule has 0 atom stereocenters. The third-order valence-electron chi connectivity index (χ3n) is 13.0. The Bertz CT molecular complexity index is 3510. The monoisotopic (exact) mass is 779 g/mol. The van der Waals surface area contributed by atoms with Crippen molar-refractivity contribution in [3.8, 4) is 44.5 Å². The molecule has 1 heterocycles. The van der Waals surface area contributed by atoms with E-state index in [1.807, 2.05) is 0 Å². The summed E-state index contributed by atoms with van der Waals surface area (Å²) in [5.74, 6) is 0. The molecule has 0 unspecified atom stereocenters. The molecule has 0 spiro atoms. The molecule has 0 saturated heterocycles. The summed E-state index contributed by atoms with van der Waals surface area (Å²) in [4.78, 5) is 2.43. The van der Waals surface area contributed by atoms with E-state index in [1.54, 1.807) is 0 Å². The van der Waals surface area contributed by atoms with Gasteiger partial charge in [0.2, 0.25) is 0 Å². The fraction of sp³-hybridized carbons (Fsp3) is 0.0508. The zero-order chi connectivity index (χ0) is 40.7. The summed E-state index contributed by atoms with van der Waals surface area (Å²) in [7, 11) is 0. The predicted molar refractivity (Wildman–Crippen MR) is 257 cm³/mol. The first-order chi connectivity index (χ1) is 30.0. The largest absolute Gasteiger partial charge is 0.455 e. The highest BCUT2D eigenvalue weighted by molar-refractivity contribution is 6.19. The third-order valence-corrected chi connectivity index (χ3v) is 13.0. The van der Waals surface area contributed by atoms with Crippen molar-refractivity contribution in [2.45, 2.75) is 19.3 Å². The number of anilines is 3. The van der Waals surface area contributed by atoms with Crippen molar-refractivity contribution in [3.05, 3.63) is 223 Å². The smallest absolute Gasteiger partial charge is 0.143 e. The summed E-state index contributed by atoms with van der Waals surface area (Å²) in [5.41, 5.74) is 17.5. The van der Waals surface area contributed by atoms with Crippen molar-refractivity contribution in [1.82, 2.24) is 0 Å².